The molecule has 0 aliphatic heterocycles. The number of aryl methyl sites for hydroxylation is 1. The third-order valence-corrected chi connectivity index (χ3v) is 7.97. The number of nitrogens with one attached hydrogen (secondary N) is 2. The van der Waals surface area contributed by atoms with Gasteiger partial charge >= 0.3 is 0 Å². The van der Waals surface area contributed by atoms with Gasteiger partial charge in [-0.2, -0.15) is 4.98 Å². The van der Waals surface area contributed by atoms with Crippen LogP contribution in [0.3, 0.4) is 0 Å². The van der Waals surface area contributed by atoms with Crippen molar-refractivity contribution < 1.29 is 14.8 Å². The largest absolute Gasteiger partial charge is 0.372 e. The SMILES string of the molecule is CC(=O)c1c(C)c2cnc(Nc3ccc(N(C)CCN(C)c4ccc(C(=O)NO)nc4)cn3)nc2n(C2CCCC2)c1=O. The Kier molecular flexibility index (Phi) is 8.62. The molecule has 0 aromatic carbocycles. The van der Waals surface area contributed by atoms with E-state index in [0.29, 0.717) is 41.5 Å². The summed E-state index contributed by atoms with van der Waals surface area (Å²) in [6.45, 7) is 4.57. The van der Waals surface area contributed by atoms with Gasteiger partial charge in [0.2, 0.25) is 5.95 Å². The van der Waals surface area contributed by atoms with Crippen molar-refractivity contribution >= 4 is 45.9 Å². The van der Waals surface area contributed by atoms with E-state index < -0.39 is 5.91 Å². The van der Waals surface area contributed by atoms with Gasteiger partial charge in [-0.25, -0.2) is 20.4 Å². The molecule has 0 spiro atoms. The van der Waals surface area contributed by atoms with Crippen LogP contribution < -0.4 is 26.2 Å². The summed E-state index contributed by atoms with van der Waals surface area (Å²) in [5, 5.41) is 12.6. The van der Waals surface area contributed by atoms with Gasteiger partial charge < -0.3 is 15.1 Å². The minimum atomic E-state index is -0.658. The fourth-order valence-electron chi connectivity index (χ4n) is 5.47. The van der Waals surface area contributed by atoms with Crippen LogP contribution in [0.25, 0.3) is 11.0 Å². The highest BCUT2D eigenvalue weighted by Crippen LogP contribution is 2.32. The van der Waals surface area contributed by atoms with Gasteiger partial charge in [0.15, 0.2) is 5.78 Å². The first-order valence-electron chi connectivity index (χ1n) is 14.2. The summed E-state index contributed by atoms with van der Waals surface area (Å²) in [6.07, 6.45) is 8.83. The van der Waals surface area contributed by atoms with E-state index in [2.05, 4.69) is 25.2 Å². The fourth-order valence-corrected chi connectivity index (χ4v) is 5.47. The number of carbonyl (C=O) groups excluding carboxylic acids is 2. The minimum Gasteiger partial charge on any atom is -0.372 e. The van der Waals surface area contributed by atoms with Gasteiger partial charge in [0, 0.05) is 44.8 Å². The molecule has 0 atom stereocenters. The standard InChI is InChI=1S/C30H35N9O4/c1-18-23-17-33-30(35-27(23)39(20-7-5-6-8-20)29(42)26(18)19(2)40)34-25-12-10-22(16-32-25)38(4)14-13-37(3)21-9-11-24(31-15-21)28(41)36-43/h9-12,15-17,20,43H,5-8,13-14H2,1-4H3,(H,36,41)(H,32,33,34,35). The summed E-state index contributed by atoms with van der Waals surface area (Å²) in [5.41, 5.74) is 4.50. The molecule has 1 aliphatic carbocycles. The molecular weight excluding hydrogens is 550 g/mol. The zero-order valence-electron chi connectivity index (χ0n) is 24.7. The molecule has 0 unspecified atom stereocenters. The smallest absolute Gasteiger partial charge is 0.293 e. The highest BCUT2D eigenvalue weighted by Gasteiger charge is 2.26. The Labute approximate surface area is 248 Å². The lowest BCUT2D eigenvalue weighted by Gasteiger charge is -2.25. The number of hydroxylamine groups is 1. The Bertz CT molecular complexity index is 1700. The fraction of sp³-hybridized carbons (Fsp3) is 0.367. The van der Waals surface area contributed by atoms with Crippen molar-refractivity contribution in [3.8, 4) is 0 Å². The summed E-state index contributed by atoms with van der Waals surface area (Å²) >= 11 is 0. The van der Waals surface area contributed by atoms with Crippen LogP contribution in [0.15, 0.2) is 47.7 Å². The number of nitrogens with zero attached hydrogens (tertiary/aromatic N) is 7. The van der Waals surface area contributed by atoms with Gasteiger partial charge in [-0.05, 0) is 56.5 Å². The molecule has 0 radical (unpaired) electrons. The lowest BCUT2D eigenvalue weighted by molar-refractivity contribution is 0.0700. The Morgan fingerprint density at radius 3 is 2.19 bits per heavy atom. The summed E-state index contributed by atoms with van der Waals surface area (Å²) in [6, 6.07) is 7.11. The third-order valence-electron chi connectivity index (χ3n) is 7.97. The molecule has 43 heavy (non-hydrogen) atoms. The van der Waals surface area contributed by atoms with Crippen molar-refractivity contribution in [2.24, 2.45) is 0 Å². The predicted molar refractivity (Wildman–Crippen MR) is 164 cm³/mol. The molecule has 1 aliphatic rings. The third kappa shape index (κ3) is 6.16. The van der Waals surface area contributed by atoms with Crippen molar-refractivity contribution in [3.05, 3.63) is 70.0 Å². The normalized spacial score (nSPS) is 13.2. The summed E-state index contributed by atoms with van der Waals surface area (Å²) in [4.78, 5) is 59.2. The number of carbonyl (C=O) groups is 2. The van der Waals surface area contributed by atoms with Crippen LogP contribution >= 0.6 is 0 Å². The van der Waals surface area contributed by atoms with E-state index in [9.17, 15) is 14.4 Å². The lowest BCUT2D eigenvalue weighted by atomic mass is 10.0. The minimum absolute atomic E-state index is 0.00632. The predicted octanol–water partition coefficient (Wildman–Crippen LogP) is 3.64. The van der Waals surface area contributed by atoms with Crippen LogP contribution in [-0.4, -0.2) is 68.6 Å². The number of hydrogen-bond donors (Lipinski definition) is 3. The van der Waals surface area contributed by atoms with E-state index in [0.717, 1.165) is 37.1 Å². The maximum Gasteiger partial charge on any atom is 0.293 e. The van der Waals surface area contributed by atoms with Crippen LogP contribution in [0.4, 0.5) is 23.1 Å². The second-order valence-corrected chi connectivity index (χ2v) is 10.8. The van der Waals surface area contributed by atoms with Crippen LogP contribution in [0.1, 0.15) is 65.1 Å². The maximum atomic E-state index is 13.4. The van der Waals surface area contributed by atoms with Gasteiger partial charge in [0.25, 0.3) is 11.5 Å². The average molecular weight is 586 g/mol. The molecule has 1 fully saturated rings. The first-order valence-corrected chi connectivity index (χ1v) is 14.2. The second-order valence-electron chi connectivity index (χ2n) is 10.8. The molecule has 224 valence electrons. The number of likely N-dealkylation sites (N-methyl/N-ethyl adjacent to an activating group) is 2. The molecule has 4 aromatic heterocycles. The summed E-state index contributed by atoms with van der Waals surface area (Å²) in [7, 11) is 3.90. The molecule has 13 nitrogen and oxygen atoms in total. The molecule has 4 heterocycles. The number of pyridine rings is 3. The highest BCUT2D eigenvalue weighted by atomic mass is 16.5. The quantitative estimate of drug-likeness (QED) is 0.142. The van der Waals surface area contributed by atoms with Crippen molar-refractivity contribution in [2.45, 2.75) is 45.6 Å². The number of Topliss-reactive ketones (excluding diaryl/α,β-unsaturated/α-hetero) is 1. The summed E-state index contributed by atoms with van der Waals surface area (Å²) < 4.78 is 1.69. The van der Waals surface area contributed by atoms with Gasteiger partial charge in [0.05, 0.1) is 29.3 Å². The number of aromatic nitrogens is 5. The van der Waals surface area contributed by atoms with E-state index >= 15 is 0 Å². The summed E-state index contributed by atoms with van der Waals surface area (Å²) in [5.74, 6) is -0.0349. The van der Waals surface area contributed by atoms with E-state index in [1.807, 2.05) is 31.1 Å². The van der Waals surface area contributed by atoms with Crippen LogP contribution in [-0.2, 0) is 0 Å². The van der Waals surface area contributed by atoms with Crippen LogP contribution in [0.2, 0.25) is 0 Å². The molecule has 13 heteroatoms. The molecule has 4 aromatic rings. The first kappa shape index (κ1) is 29.6. The van der Waals surface area contributed by atoms with Crippen molar-refractivity contribution in [1.82, 2.24) is 30.0 Å². The molecule has 0 bridgehead atoms. The molecule has 0 saturated heterocycles. The molecule has 1 saturated carbocycles. The molecule has 1 amide bonds. The zero-order valence-corrected chi connectivity index (χ0v) is 24.7. The van der Waals surface area contributed by atoms with E-state index in [1.54, 1.807) is 47.7 Å². The van der Waals surface area contributed by atoms with E-state index in [4.69, 9.17) is 10.2 Å². The second kappa shape index (κ2) is 12.5. The Balaban J connectivity index is 1.29. The topological polar surface area (TPSA) is 158 Å². The van der Waals surface area contributed by atoms with E-state index in [1.165, 1.54) is 6.92 Å². The van der Waals surface area contributed by atoms with Gasteiger partial charge in [-0.15, -0.1) is 0 Å². The Hall–Kier alpha value is -4.91. The van der Waals surface area contributed by atoms with Crippen molar-refractivity contribution in [1.29, 1.82) is 0 Å². The lowest BCUT2D eigenvalue weighted by Crippen LogP contribution is -2.31. The van der Waals surface area contributed by atoms with Crippen molar-refractivity contribution in [2.75, 3.05) is 42.3 Å². The maximum absolute atomic E-state index is 13.4. The number of rotatable bonds is 10. The number of fused-ring (bicyclic) bond motifs is 1. The van der Waals surface area contributed by atoms with Crippen LogP contribution in [0, 0.1) is 6.92 Å². The average Bonchev–Trinajstić information content (AvgIpc) is 3.54. The van der Waals surface area contributed by atoms with Crippen LogP contribution in [0.5, 0.6) is 0 Å². The molecular formula is C30H35N9O4. The van der Waals surface area contributed by atoms with Gasteiger partial charge in [-0.3, -0.25) is 24.2 Å². The van der Waals surface area contributed by atoms with E-state index in [-0.39, 0.29) is 28.6 Å². The number of hydrogen-bond acceptors (Lipinski definition) is 11. The highest BCUT2D eigenvalue weighted by molar-refractivity contribution is 5.99. The number of anilines is 4. The molecule has 3 N–H and O–H groups in total. The molecule has 5 rings (SSSR count). The number of amides is 1. The monoisotopic (exact) mass is 585 g/mol. The number of ketones is 1. The Morgan fingerprint density at radius 2 is 1.63 bits per heavy atom. The van der Waals surface area contributed by atoms with Gasteiger partial charge in [-0.1, -0.05) is 12.8 Å². The Morgan fingerprint density at radius 1 is 0.977 bits per heavy atom. The van der Waals surface area contributed by atoms with Gasteiger partial charge in [0.1, 0.15) is 17.2 Å². The first-order chi connectivity index (χ1) is 20.7. The zero-order chi connectivity index (χ0) is 30.7. The van der Waals surface area contributed by atoms with Crippen molar-refractivity contribution in [3.63, 3.8) is 0 Å².